The summed E-state index contributed by atoms with van der Waals surface area (Å²) in [5.41, 5.74) is 3.35. The van der Waals surface area contributed by atoms with Crippen molar-refractivity contribution in [2.45, 2.75) is 30.6 Å². The van der Waals surface area contributed by atoms with E-state index >= 15 is 0 Å². The zero-order valence-electron chi connectivity index (χ0n) is 18.4. The molecule has 2 aromatic rings. The second-order valence-electron chi connectivity index (χ2n) is 8.53. The van der Waals surface area contributed by atoms with Gasteiger partial charge in [0, 0.05) is 44.7 Å². The SMILES string of the molecule is O=C(CCC(=O)N1CCc2cc(S(=O)(=O)N3CCc4ccccc43)ccc21)N1CCOCC1. The molecular weight excluding hydrogens is 442 g/mol. The predicted molar refractivity (Wildman–Crippen MR) is 124 cm³/mol. The molecule has 3 aliphatic heterocycles. The summed E-state index contributed by atoms with van der Waals surface area (Å²) >= 11 is 0. The summed E-state index contributed by atoms with van der Waals surface area (Å²) in [5.74, 6) is -0.141. The van der Waals surface area contributed by atoms with Gasteiger partial charge in [-0.05, 0) is 48.2 Å². The average molecular weight is 470 g/mol. The Morgan fingerprint density at radius 1 is 0.818 bits per heavy atom. The van der Waals surface area contributed by atoms with Crippen molar-refractivity contribution < 1.29 is 22.7 Å². The lowest BCUT2D eigenvalue weighted by atomic mass is 10.2. The van der Waals surface area contributed by atoms with Crippen LogP contribution in [-0.2, 0) is 37.2 Å². The Bertz CT molecular complexity index is 1190. The maximum Gasteiger partial charge on any atom is 0.264 e. The van der Waals surface area contributed by atoms with Gasteiger partial charge in [-0.25, -0.2) is 8.42 Å². The molecule has 33 heavy (non-hydrogen) atoms. The zero-order chi connectivity index (χ0) is 23.0. The number of sulfonamides is 1. The van der Waals surface area contributed by atoms with E-state index in [0.29, 0.717) is 52.2 Å². The van der Waals surface area contributed by atoms with E-state index in [2.05, 4.69) is 0 Å². The zero-order valence-corrected chi connectivity index (χ0v) is 19.2. The van der Waals surface area contributed by atoms with Gasteiger partial charge in [-0.2, -0.15) is 0 Å². The van der Waals surface area contributed by atoms with Gasteiger partial charge in [0.15, 0.2) is 0 Å². The number of hydrogen-bond acceptors (Lipinski definition) is 5. The summed E-state index contributed by atoms with van der Waals surface area (Å²) in [4.78, 5) is 28.8. The van der Waals surface area contributed by atoms with Crippen molar-refractivity contribution >= 4 is 33.2 Å². The number of hydrogen-bond donors (Lipinski definition) is 0. The van der Waals surface area contributed by atoms with Gasteiger partial charge in [0.05, 0.1) is 23.8 Å². The van der Waals surface area contributed by atoms with E-state index < -0.39 is 10.0 Å². The fourth-order valence-corrected chi connectivity index (χ4v) is 6.36. The highest BCUT2D eigenvalue weighted by molar-refractivity contribution is 7.92. The van der Waals surface area contributed by atoms with Crippen molar-refractivity contribution in [1.82, 2.24) is 4.90 Å². The molecule has 3 aliphatic rings. The maximum absolute atomic E-state index is 13.3. The number of nitrogens with zero attached hydrogens (tertiary/aromatic N) is 3. The summed E-state index contributed by atoms with van der Waals surface area (Å²) in [6.45, 7) is 3.13. The number of anilines is 2. The largest absolute Gasteiger partial charge is 0.378 e. The molecule has 0 bridgehead atoms. The maximum atomic E-state index is 13.3. The molecular formula is C24H27N3O5S. The summed E-state index contributed by atoms with van der Waals surface area (Å²) in [5, 5.41) is 0. The van der Waals surface area contributed by atoms with Crippen molar-refractivity contribution in [3.05, 3.63) is 53.6 Å². The lowest BCUT2D eigenvalue weighted by molar-refractivity contribution is -0.136. The van der Waals surface area contributed by atoms with Crippen LogP contribution in [0.3, 0.4) is 0 Å². The number of benzene rings is 2. The van der Waals surface area contributed by atoms with Gasteiger partial charge < -0.3 is 14.5 Å². The molecule has 0 N–H and O–H groups in total. The Morgan fingerprint density at radius 3 is 2.36 bits per heavy atom. The summed E-state index contributed by atoms with van der Waals surface area (Å²) in [6.07, 6.45) is 1.61. The van der Waals surface area contributed by atoms with Gasteiger partial charge in [-0.3, -0.25) is 13.9 Å². The minimum Gasteiger partial charge on any atom is -0.378 e. The average Bonchev–Trinajstić information content (AvgIpc) is 3.47. The van der Waals surface area contributed by atoms with Crippen molar-refractivity contribution in [2.24, 2.45) is 0 Å². The lowest BCUT2D eigenvalue weighted by Crippen LogP contribution is -2.41. The molecule has 0 spiro atoms. The Balaban J connectivity index is 1.28. The smallest absolute Gasteiger partial charge is 0.264 e. The molecule has 0 aliphatic carbocycles. The molecule has 1 saturated heterocycles. The number of carbonyl (C=O) groups is 2. The molecule has 0 saturated carbocycles. The molecule has 8 nitrogen and oxygen atoms in total. The van der Waals surface area contributed by atoms with Crippen LogP contribution in [0.4, 0.5) is 11.4 Å². The number of morpholine rings is 1. The molecule has 1 fully saturated rings. The highest BCUT2D eigenvalue weighted by Crippen LogP contribution is 2.35. The first kappa shape index (κ1) is 21.9. The molecule has 0 radical (unpaired) electrons. The summed E-state index contributed by atoms with van der Waals surface area (Å²) in [6, 6.07) is 12.6. The molecule has 0 atom stereocenters. The summed E-state index contributed by atoms with van der Waals surface area (Å²) in [7, 11) is -3.68. The molecule has 9 heteroatoms. The van der Waals surface area contributed by atoms with Crippen LogP contribution < -0.4 is 9.21 Å². The second-order valence-corrected chi connectivity index (χ2v) is 10.4. The van der Waals surface area contributed by atoms with E-state index in [-0.39, 0.29) is 29.6 Å². The number of carbonyl (C=O) groups excluding carboxylic acids is 2. The van der Waals surface area contributed by atoms with Gasteiger partial charge in [-0.15, -0.1) is 0 Å². The Hall–Kier alpha value is -2.91. The normalized spacial score (nSPS) is 17.8. The number of amides is 2. The molecule has 0 unspecified atom stereocenters. The van der Waals surface area contributed by atoms with Crippen LogP contribution in [-0.4, -0.2) is 64.5 Å². The van der Waals surface area contributed by atoms with Gasteiger partial charge in [0.25, 0.3) is 10.0 Å². The number of rotatable bonds is 5. The first-order valence-corrected chi connectivity index (χ1v) is 12.8. The van der Waals surface area contributed by atoms with Crippen LogP contribution in [0.15, 0.2) is 47.4 Å². The highest BCUT2D eigenvalue weighted by atomic mass is 32.2. The second kappa shape index (κ2) is 8.79. The lowest BCUT2D eigenvalue weighted by Gasteiger charge is -2.27. The third-order valence-corrected chi connectivity index (χ3v) is 8.41. The minimum atomic E-state index is -3.68. The Kier molecular flexibility index (Phi) is 5.84. The fraction of sp³-hybridized carbons (Fsp3) is 0.417. The molecule has 174 valence electrons. The number of ether oxygens (including phenoxy) is 1. The standard InChI is InChI=1S/C24H27N3O5S/c28-23(25-13-15-32-16-14-25)7-8-24(29)26-11-9-19-17-20(5-6-21(19)26)33(30,31)27-12-10-18-3-1-2-4-22(18)27/h1-6,17H,7-16H2. The van der Waals surface area contributed by atoms with E-state index in [1.165, 1.54) is 4.31 Å². The van der Waals surface area contributed by atoms with Crippen molar-refractivity contribution in [1.29, 1.82) is 0 Å². The third kappa shape index (κ3) is 4.11. The Morgan fingerprint density at radius 2 is 1.55 bits per heavy atom. The van der Waals surface area contributed by atoms with Crippen molar-refractivity contribution in [3.63, 3.8) is 0 Å². The van der Waals surface area contributed by atoms with Crippen LogP contribution >= 0.6 is 0 Å². The Labute approximate surface area is 193 Å². The monoisotopic (exact) mass is 469 g/mol. The van der Waals surface area contributed by atoms with Gasteiger partial charge in [0.1, 0.15) is 0 Å². The first-order chi connectivity index (χ1) is 15.9. The predicted octanol–water partition coefficient (Wildman–Crippen LogP) is 1.97. The summed E-state index contributed by atoms with van der Waals surface area (Å²) < 4.78 is 33.4. The molecule has 5 rings (SSSR count). The molecule has 2 aromatic carbocycles. The van der Waals surface area contributed by atoms with Crippen LogP contribution in [0.2, 0.25) is 0 Å². The highest BCUT2D eigenvalue weighted by Gasteiger charge is 2.33. The number of para-hydroxylation sites is 1. The molecule has 0 aromatic heterocycles. The van der Waals surface area contributed by atoms with Crippen LogP contribution in [0, 0.1) is 0 Å². The molecule has 3 heterocycles. The topological polar surface area (TPSA) is 87.2 Å². The van der Waals surface area contributed by atoms with Gasteiger partial charge in [-0.1, -0.05) is 18.2 Å². The van der Waals surface area contributed by atoms with Gasteiger partial charge in [0.2, 0.25) is 11.8 Å². The quantitative estimate of drug-likeness (QED) is 0.668. The van der Waals surface area contributed by atoms with Crippen LogP contribution in [0.25, 0.3) is 0 Å². The van der Waals surface area contributed by atoms with Crippen molar-refractivity contribution in [3.8, 4) is 0 Å². The molecule has 2 amide bonds. The van der Waals surface area contributed by atoms with E-state index in [4.69, 9.17) is 4.74 Å². The minimum absolute atomic E-state index is 0.0293. The van der Waals surface area contributed by atoms with E-state index in [1.807, 2.05) is 24.3 Å². The fourth-order valence-electron chi connectivity index (χ4n) is 4.80. The number of fused-ring (bicyclic) bond motifs is 2. The van der Waals surface area contributed by atoms with E-state index in [1.54, 1.807) is 28.0 Å². The van der Waals surface area contributed by atoms with Crippen LogP contribution in [0.5, 0.6) is 0 Å². The van der Waals surface area contributed by atoms with Crippen LogP contribution in [0.1, 0.15) is 24.0 Å². The van der Waals surface area contributed by atoms with Gasteiger partial charge >= 0.3 is 0 Å². The first-order valence-electron chi connectivity index (χ1n) is 11.3. The van der Waals surface area contributed by atoms with E-state index in [0.717, 1.165) is 22.5 Å². The third-order valence-electron chi connectivity index (χ3n) is 6.60. The van der Waals surface area contributed by atoms with E-state index in [9.17, 15) is 18.0 Å². The van der Waals surface area contributed by atoms with Crippen molar-refractivity contribution in [2.75, 3.05) is 48.6 Å².